The molecule has 3 heteroatoms. The van der Waals surface area contributed by atoms with Gasteiger partial charge in [0, 0.05) is 12.5 Å². The first-order valence-electron chi connectivity index (χ1n) is 5.32. The summed E-state index contributed by atoms with van der Waals surface area (Å²) in [7, 11) is 3.30. The smallest absolute Gasteiger partial charge is 0.119 e. The van der Waals surface area contributed by atoms with E-state index in [1.54, 1.807) is 14.2 Å². The van der Waals surface area contributed by atoms with E-state index in [9.17, 15) is 5.11 Å². The van der Waals surface area contributed by atoms with Crippen LogP contribution < -0.4 is 4.74 Å². The summed E-state index contributed by atoms with van der Waals surface area (Å²) in [6.07, 6.45) is 0. The summed E-state index contributed by atoms with van der Waals surface area (Å²) in [5, 5.41) is 9.39. The number of aliphatic hydroxyl groups is 1. The average molecular weight is 224 g/mol. The molecule has 1 N–H and O–H groups in total. The summed E-state index contributed by atoms with van der Waals surface area (Å²) in [6, 6.07) is 5.85. The standard InChI is InChI=1S/C13H20O3/c1-13(2,9-14)12-6-5-11(16-4)7-10(12)8-15-3/h5-7,14H,8-9H2,1-4H3. The molecule has 0 unspecified atom stereocenters. The van der Waals surface area contributed by atoms with Crippen molar-refractivity contribution >= 4 is 0 Å². The molecule has 0 spiro atoms. The molecule has 0 heterocycles. The van der Waals surface area contributed by atoms with Crippen LogP contribution in [0.2, 0.25) is 0 Å². The van der Waals surface area contributed by atoms with Crippen molar-refractivity contribution in [1.82, 2.24) is 0 Å². The summed E-state index contributed by atoms with van der Waals surface area (Å²) in [5.41, 5.74) is 1.89. The number of ether oxygens (including phenoxy) is 2. The second kappa shape index (κ2) is 5.32. The van der Waals surface area contributed by atoms with Crippen LogP contribution in [-0.4, -0.2) is 25.9 Å². The molecule has 1 rings (SSSR count). The van der Waals surface area contributed by atoms with Gasteiger partial charge in [-0.05, 0) is 23.3 Å². The molecule has 0 radical (unpaired) electrons. The van der Waals surface area contributed by atoms with Crippen LogP contribution in [0.25, 0.3) is 0 Å². The molecule has 1 aromatic carbocycles. The molecule has 0 saturated carbocycles. The zero-order chi connectivity index (χ0) is 12.2. The van der Waals surface area contributed by atoms with Gasteiger partial charge in [-0.25, -0.2) is 0 Å². The largest absolute Gasteiger partial charge is 0.497 e. The Morgan fingerprint density at radius 1 is 1.25 bits per heavy atom. The van der Waals surface area contributed by atoms with Crippen LogP contribution in [0.1, 0.15) is 25.0 Å². The van der Waals surface area contributed by atoms with Gasteiger partial charge in [0.05, 0.1) is 20.3 Å². The van der Waals surface area contributed by atoms with Crippen LogP contribution in [-0.2, 0) is 16.8 Å². The highest BCUT2D eigenvalue weighted by Crippen LogP contribution is 2.29. The minimum Gasteiger partial charge on any atom is -0.497 e. The third kappa shape index (κ3) is 2.74. The highest BCUT2D eigenvalue weighted by molar-refractivity contribution is 5.39. The van der Waals surface area contributed by atoms with E-state index in [1.165, 1.54) is 0 Å². The molecule has 16 heavy (non-hydrogen) atoms. The zero-order valence-electron chi connectivity index (χ0n) is 10.4. The van der Waals surface area contributed by atoms with Gasteiger partial charge in [0.2, 0.25) is 0 Å². The quantitative estimate of drug-likeness (QED) is 0.832. The number of methoxy groups -OCH3 is 2. The summed E-state index contributed by atoms with van der Waals surface area (Å²) in [4.78, 5) is 0. The maximum Gasteiger partial charge on any atom is 0.119 e. The Labute approximate surface area is 97.0 Å². The summed E-state index contributed by atoms with van der Waals surface area (Å²) >= 11 is 0. The van der Waals surface area contributed by atoms with E-state index in [0.29, 0.717) is 6.61 Å². The van der Waals surface area contributed by atoms with Crippen molar-refractivity contribution in [2.75, 3.05) is 20.8 Å². The van der Waals surface area contributed by atoms with Gasteiger partial charge in [-0.1, -0.05) is 19.9 Å². The first-order valence-corrected chi connectivity index (χ1v) is 5.32. The van der Waals surface area contributed by atoms with E-state index in [1.807, 2.05) is 32.0 Å². The topological polar surface area (TPSA) is 38.7 Å². The second-order valence-electron chi connectivity index (χ2n) is 4.50. The minimum atomic E-state index is -0.264. The van der Waals surface area contributed by atoms with Crippen LogP contribution in [0.4, 0.5) is 0 Å². The SMILES string of the molecule is COCc1cc(OC)ccc1C(C)(C)CO. The highest BCUT2D eigenvalue weighted by atomic mass is 16.5. The summed E-state index contributed by atoms with van der Waals surface area (Å²) < 4.78 is 10.4. The molecule has 0 aliphatic heterocycles. The van der Waals surface area contributed by atoms with E-state index < -0.39 is 0 Å². The Bertz CT molecular complexity index is 345. The summed E-state index contributed by atoms with van der Waals surface area (Å²) in [5.74, 6) is 0.810. The van der Waals surface area contributed by atoms with Crippen LogP contribution in [0.15, 0.2) is 18.2 Å². The molecular formula is C13H20O3. The molecule has 0 aliphatic rings. The third-order valence-corrected chi connectivity index (χ3v) is 2.74. The van der Waals surface area contributed by atoms with E-state index in [2.05, 4.69) is 0 Å². The molecule has 0 bridgehead atoms. The first kappa shape index (κ1) is 13.0. The maximum atomic E-state index is 9.39. The number of rotatable bonds is 5. The van der Waals surface area contributed by atoms with Gasteiger partial charge in [0.15, 0.2) is 0 Å². The van der Waals surface area contributed by atoms with Gasteiger partial charge >= 0.3 is 0 Å². The van der Waals surface area contributed by atoms with E-state index in [4.69, 9.17) is 9.47 Å². The van der Waals surface area contributed by atoms with Crippen molar-refractivity contribution in [1.29, 1.82) is 0 Å². The highest BCUT2D eigenvalue weighted by Gasteiger charge is 2.22. The van der Waals surface area contributed by atoms with Crippen molar-refractivity contribution in [3.05, 3.63) is 29.3 Å². The van der Waals surface area contributed by atoms with Gasteiger partial charge < -0.3 is 14.6 Å². The van der Waals surface area contributed by atoms with E-state index in [-0.39, 0.29) is 12.0 Å². The summed E-state index contributed by atoms with van der Waals surface area (Å²) in [6.45, 7) is 4.65. The van der Waals surface area contributed by atoms with E-state index in [0.717, 1.165) is 16.9 Å². The number of aliphatic hydroxyl groups excluding tert-OH is 1. The molecule has 0 fully saturated rings. The lowest BCUT2D eigenvalue weighted by atomic mass is 9.82. The lowest BCUT2D eigenvalue weighted by Crippen LogP contribution is -2.24. The van der Waals surface area contributed by atoms with Crippen LogP contribution >= 0.6 is 0 Å². The Kier molecular flexibility index (Phi) is 4.33. The van der Waals surface area contributed by atoms with Gasteiger partial charge in [-0.3, -0.25) is 0 Å². The fourth-order valence-corrected chi connectivity index (χ4v) is 1.72. The van der Waals surface area contributed by atoms with E-state index >= 15 is 0 Å². The number of benzene rings is 1. The van der Waals surface area contributed by atoms with Crippen molar-refractivity contribution in [2.45, 2.75) is 25.9 Å². The Balaban J connectivity index is 3.17. The van der Waals surface area contributed by atoms with Crippen molar-refractivity contribution in [3.63, 3.8) is 0 Å². The molecule has 1 aromatic rings. The number of hydrogen-bond donors (Lipinski definition) is 1. The van der Waals surface area contributed by atoms with Crippen molar-refractivity contribution < 1.29 is 14.6 Å². The molecular weight excluding hydrogens is 204 g/mol. The maximum absolute atomic E-state index is 9.39. The van der Waals surface area contributed by atoms with Crippen LogP contribution in [0, 0.1) is 0 Å². The minimum absolute atomic E-state index is 0.107. The van der Waals surface area contributed by atoms with Gasteiger partial charge in [0.1, 0.15) is 5.75 Å². The molecule has 0 atom stereocenters. The Morgan fingerprint density at radius 2 is 1.94 bits per heavy atom. The lowest BCUT2D eigenvalue weighted by molar-refractivity contribution is 0.178. The molecule has 0 saturated heterocycles. The molecule has 0 aromatic heterocycles. The van der Waals surface area contributed by atoms with Gasteiger partial charge in [-0.2, -0.15) is 0 Å². The van der Waals surface area contributed by atoms with Crippen molar-refractivity contribution in [3.8, 4) is 5.75 Å². The van der Waals surface area contributed by atoms with Gasteiger partial charge in [0.25, 0.3) is 0 Å². The lowest BCUT2D eigenvalue weighted by Gasteiger charge is -2.25. The fraction of sp³-hybridized carbons (Fsp3) is 0.538. The van der Waals surface area contributed by atoms with Crippen molar-refractivity contribution in [2.24, 2.45) is 0 Å². The molecule has 3 nitrogen and oxygen atoms in total. The predicted molar refractivity (Wildman–Crippen MR) is 63.8 cm³/mol. The Hall–Kier alpha value is -1.06. The molecule has 0 aliphatic carbocycles. The molecule has 90 valence electrons. The first-order chi connectivity index (χ1) is 7.55. The predicted octanol–water partition coefficient (Wildman–Crippen LogP) is 2.11. The monoisotopic (exact) mass is 224 g/mol. The average Bonchev–Trinajstić information content (AvgIpc) is 2.29. The molecule has 0 amide bonds. The Morgan fingerprint density at radius 3 is 2.44 bits per heavy atom. The van der Waals surface area contributed by atoms with Gasteiger partial charge in [-0.15, -0.1) is 0 Å². The third-order valence-electron chi connectivity index (χ3n) is 2.74. The normalized spacial score (nSPS) is 11.6. The fourth-order valence-electron chi connectivity index (χ4n) is 1.72. The second-order valence-corrected chi connectivity index (χ2v) is 4.50. The number of hydrogen-bond acceptors (Lipinski definition) is 3. The van der Waals surface area contributed by atoms with Crippen LogP contribution in [0.3, 0.4) is 0 Å². The zero-order valence-corrected chi connectivity index (χ0v) is 10.4. The van der Waals surface area contributed by atoms with Crippen LogP contribution in [0.5, 0.6) is 5.75 Å².